The number of carboxylic acid groups (broad SMARTS) is 1. The Labute approximate surface area is 88.9 Å². The third kappa shape index (κ3) is 4.28. The maximum absolute atomic E-state index is 10.2. The number of carbonyl (C=O) groups is 1. The van der Waals surface area contributed by atoms with Crippen molar-refractivity contribution in [3.8, 4) is 0 Å². The van der Waals surface area contributed by atoms with Gasteiger partial charge < -0.3 is 10.4 Å². The van der Waals surface area contributed by atoms with E-state index >= 15 is 0 Å². The van der Waals surface area contributed by atoms with Gasteiger partial charge in [0.15, 0.2) is 0 Å². The summed E-state index contributed by atoms with van der Waals surface area (Å²) in [6.07, 6.45) is 0.879. The van der Waals surface area contributed by atoms with E-state index in [1.807, 2.05) is 12.1 Å². The van der Waals surface area contributed by atoms with Crippen molar-refractivity contribution in [3.63, 3.8) is 0 Å². The molecule has 0 radical (unpaired) electrons. The summed E-state index contributed by atoms with van der Waals surface area (Å²) >= 11 is 4.95. The van der Waals surface area contributed by atoms with Gasteiger partial charge in [-0.3, -0.25) is 4.79 Å². The zero-order chi connectivity index (χ0) is 9.68. The Hall–Kier alpha value is -0.550. The largest absolute Gasteiger partial charge is 0.481 e. The first-order chi connectivity index (χ1) is 6.18. The van der Waals surface area contributed by atoms with E-state index in [1.54, 1.807) is 11.3 Å². The van der Waals surface area contributed by atoms with Gasteiger partial charge in [-0.05, 0) is 34.5 Å². The summed E-state index contributed by atoms with van der Waals surface area (Å²) in [6.45, 7) is 0.708. The van der Waals surface area contributed by atoms with E-state index in [0.717, 1.165) is 8.79 Å². The van der Waals surface area contributed by atoms with Crippen LogP contribution in [0.5, 0.6) is 0 Å². The highest BCUT2D eigenvalue weighted by Crippen LogP contribution is 2.26. The van der Waals surface area contributed by atoms with Crippen LogP contribution in [0, 0.1) is 0 Å². The lowest BCUT2D eigenvalue weighted by atomic mass is 10.3. The maximum atomic E-state index is 10.2. The molecule has 1 aromatic rings. The molecule has 0 aliphatic heterocycles. The van der Waals surface area contributed by atoms with E-state index in [9.17, 15) is 4.79 Å². The van der Waals surface area contributed by atoms with Gasteiger partial charge in [0.05, 0.1) is 8.79 Å². The molecule has 0 aromatic carbocycles. The number of rotatable bonds is 5. The molecule has 0 unspecified atom stereocenters. The van der Waals surface area contributed by atoms with Crippen LogP contribution in [0.1, 0.15) is 12.8 Å². The molecular formula is C8H10BrNO2S. The van der Waals surface area contributed by atoms with Crippen molar-refractivity contribution in [3.05, 3.63) is 15.9 Å². The van der Waals surface area contributed by atoms with Crippen molar-refractivity contribution in [2.75, 3.05) is 11.9 Å². The molecule has 0 fully saturated rings. The second kappa shape index (κ2) is 5.24. The van der Waals surface area contributed by atoms with Crippen LogP contribution < -0.4 is 5.32 Å². The molecule has 72 valence electrons. The van der Waals surface area contributed by atoms with E-state index in [2.05, 4.69) is 21.2 Å². The summed E-state index contributed by atoms with van der Waals surface area (Å²) in [7, 11) is 0. The third-order valence-corrected chi connectivity index (χ3v) is 3.02. The first-order valence-electron chi connectivity index (χ1n) is 3.89. The molecule has 1 aromatic heterocycles. The van der Waals surface area contributed by atoms with Gasteiger partial charge in [-0.15, -0.1) is 11.3 Å². The third-order valence-electron chi connectivity index (χ3n) is 1.44. The van der Waals surface area contributed by atoms with Gasteiger partial charge in [-0.2, -0.15) is 0 Å². The molecule has 5 heteroatoms. The molecule has 0 saturated heterocycles. The summed E-state index contributed by atoms with van der Waals surface area (Å²) in [5.74, 6) is -0.742. The van der Waals surface area contributed by atoms with Gasteiger partial charge in [0.1, 0.15) is 0 Å². The highest BCUT2D eigenvalue weighted by atomic mass is 79.9. The Balaban J connectivity index is 2.16. The van der Waals surface area contributed by atoms with Gasteiger partial charge >= 0.3 is 5.97 Å². The molecule has 0 amide bonds. The smallest absolute Gasteiger partial charge is 0.303 e. The van der Waals surface area contributed by atoms with E-state index in [0.29, 0.717) is 13.0 Å². The summed E-state index contributed by atoms with van der Waals surface area (Å²) in [5.41, 5.74) is 0. The number of halogens is 1. The molecule has 0 atom stereocenters. The molecular weight excluding hydrogens is 254 g/mol. The standard InChI is InChI=1S/C8H10BrNO2S/c9-6-3-4-7(13-6)10-5-1-2-8(11)12/h3-4,10H,1-2,5H2,(H,11,12). The Kier molecular flexibility index (Phi) is 4.24. The summed E-state index contributed by atoms with van der Waals surface area (Å²) < 4.78 is 1.08. The van der Waals surface area contributed by atoms with Crippen molar-refractivity contribution < 1.29 is 9.90 Å². The Morgan fingerprint density at radius 1 is 1.62 bits per heavy atom. The van der Waals surface area contributed by atoms with Crippen LogP contribution in [-0.4, -0.2) is 17.6 Å². The monoisotopic (exact) mass is 263 g/mol. The molecule has 0 aliphatic carbocycles. The number of thiophene rings is 1. The van der Waals surface area contributed by atoms with E-state index < -0.39 is 5.97 Å². The number of hydrogen-bond donors (Lipinski definition) is 2. The average molecular weight is 264 g/mol. The van der Waals surface area contributed by atoms with Gasteiger partial charge in [0.25, 0.3) is 0 Å². The lowest BCUT2D eigenvalue weighted by Gasteiger charge is -2.00. The Morgan fingerprint density at radius 2 is 2.38 bits per heavy atom. The van der Waals surface area contributed by atoms with Gasteiger partial charge in [-0.25, -0.2) is 0 Å². The number of hydrogen-bond acceptors (Lipinski definition) is 3. The van der Waals surface area contributed by atoms with Crippen molar-refractivity contribution >= 4 is 38.2 Å². The number of aliphatic carboxylic acids is 1. The molecule has 0 saturated carbocycles. The SMILES string of the molecule is O=C(O)CCCNc1ccc(Br)s1. The number of anilines is 1. The topological polar surface area (TPSA) is 49.3 Å². The highest BCUT2D eigenvalue weighted by Gasteiger charge is 1.98. The maximum Gasteiger partial charge on any atom is 0.303 e. The van der Waals surface area contributed by atoms with Crippen LogP contribution in [0.15, 0.2) is 15.9 Å². The first kappa shape index (κ1) is 10.5. The Morgan fingerprint density at radius 3 is 2.92 bits per heavy atom. The van der Waals surface area contributed by atoms with Gasteiger partial charge in [0, 0.05) is 13.0 Å². The molecule has 0 spiro atoms. The molecule has 2 N–H and O–H groups in total. The molecule has 1 rings (SSSR count). The van der Waals surface area contributed by atoms with Gasteiger partial charge in [-0.1, -0.05) is 0 Å². The summed E-state index contributed by atoms with van der Waals surface area (Å²) in [5, 5.41) is 12.6. The van der Waals surface area contributed by atoms with Crippen LogP contribution in [-0.2, 0) is 4.79 Å². The van der Waals surface area contributed by atoms with E-state index in [4.69, 9.17) is 5.11 Å². The van der Waals surface area contributed by atoms with Crippen molar-refractivity contribution in [2.24, 2.45) is 0 Å². The fourth-order valence-electron chi connectivity index (χ4n) is 0.861. The molecule has 3 nitrogen and oxygen atoms in total. The minimum absolute atomic E-state index is 0.222. The molecule has 1 heterocycles. The lowest BCUT2D eigenvalue weighted by molar-refractivity contribution is -0.137. The predicted molar refractivity (Wildman–Crippen MR) is 57.4 cm³/mol. The number of nitrogens with one attached hydrogen (secondary N) is 1. The number of carboxylic acids is 1. The molecule has 0 aliphatic rings. The highest BCUT2D eigenvalue weighted by molar-refractivity contribution is 9.11. The van der Waals surface area contributed by atoms with Crippen LogP contribution in [0.3, 0.4) is 0 Å². The summed E-state index contributed by atoms with van der Waals surface area (Å²) in [6, 6.07) is 3.93. The zero-order valence-electron chi connectivity index (χ0n) is 6.92. The van der Waals surface area contributed by atoms with E-state index in [-0.39, 0.29) is 6.42 Å². The van der Waals surface area contributed by atoms with Crippen LogP contribution in [0.4, 0.5) is 5.00 Å². The van der Waals surface area contributed by atoms with Crippen molar-refractivity contribution in [1.82, 2.24) is 0 Å². The van der Waals surface area contributed by atoms with Crippen molar-refractivity contribution in [1.29, 1.82) is 0 Å². The first-order valence-corrected chi connectivity index (χ1v) is 5.50. The van der Waals surface area contributed by atoms with Crippen molar-refractivity contribution in [2.45, 2.75) is 12.8 Å². The molecule has 0 bridgehead atoms. The second-order valence-corrected chi connectivity index (χ2v) is 4.99. The van der Waals surface area contributed by atoms with Crippen LogP contribution >= 0.6 is 27.3 Å². The Bertz CT molecular complexity index is 287. The fourth-order valence-corrected chi connectivity index (χ4v) is 2.17. The summed E-state index contributed by atoms with van der Waals surface area (Å²) in [4.78, 5) is 10.2. The second-order valence-electron chi connectivity index (χ2n) is 2.53. The van der Waals surface area contributed by atoms with E-state index in [1.165, 1.54) is 0 Å². The van der Waals surface area contributed by atoms with Gasteiger partial charge in [0.2, 0.25) is 0 Å². The predicted octanol–water partition coefficient (Wildman–Crippen LogP) is 2.79. The minimum atomic E-state index is -0.742. The fraction of sp³-hybridized carbons (Fsp3) is 0.375. The quantitative estimate of drug-likeness (QED) is 0.804. The normalized spacial score (nSPS) is 9.92. The lowest BCUT2D eigenvalue weighted by Crippen LogP contribution is -2.03. The van der Waals surface area contributed by atoms with Crippen LogP contribution in [0.25, 0.3) is 0 Å². The zero-order valence-corrected chi connectivity index (χ0v) is 9.32. The average Bonchev–Trinajstić information content (AvgIpc) is 2.45. The van der Waals surface area contributed by atoms with Crippen LogP contribution in [0.2, 0.25) is 0 Å². The molecule has 13 heavy (non-hydrogen) atoms. The minimum Gasteiger partial charge on any atom is -0.481 e.